The van der Waals surface area contributed by atoms with E-state index in [1.54, 1.807) is 18.4 Å². The van der Waals surface area contributed by atoms with Crippen molar-refractivity contribution in [1.82, 2.24) is 10.6 Å². The lowest BCUT2D eigenvalue weighted by molar-refractivity contribution is 0.1000. The maximum absolute atomic E-state index is 11.1. The Labute approximate surface area is 153 Å². The molecule has 0 aliphatic heterocycles. The molecule has 26 heavy (non-hydrogen) atoms. The summed E-state index contributed by atoms with van der Waals surface area (Å²) in [6.07, 6.45) is 2.50. The predicted molar refractivity (Wildman–Crippen MR) is 101 cm³/mol. The Balaban J connectivity index is 1.70. The lowest BCUT2D eigenvalue weighted by Gasteiger charge is -2.11. The highest BCUT2D eigenvalue weighted by molar-refractivity contribution is 5.92. The van der Waals surface area contributed by atoms with Crippen molar-refractivity contribution in [2.45, 2.75) is 26.5 Å². The molecule has 0 fully saturated rings. The summed E-state index contributed by atoms with van der Waals surface area (Å²) in [5.74, 6) is 1.15. The lowest BCUT2D eigenvalue weighted by atomic mass is 10.1. The van der Waals surface area contributed by atoms with Crippen molar-refractivity contribution in [3.63, 3.8) is 0 Å². The Bertz CT molecular complexity index is 681. The third-order valence-electron chi connectivity index (χ3n) is 3.58. The highest BCUT2D eigenvalue weighted by atomic mass is 16.5. The first-order valence-corrected chi connectivity index (χ1v) is 8.70. The molecular formula is C19H26N4O3. The van der Waals surface area contributed by atoms with E-state index in [4.69, 9.17) is 14.9 Å². The second-order valence-electron chi connectivity index (χ2n) is 5.67. The number of primary amides is 1. The van der Waals surface area contributed by atoms with E-state index in [-0.39, 0.29) is 0 Å². The Kier molecular flexibility index (Phi) is 8.21. The molecule has 1 heterocycles. The number of nitrogens with two attached hydrogens (primary N) is 1. The summed E-state index contributed by atoms with van der Waals surface area (Å²) in [7, 11) is 0. The summed E-state index contributed by atoms with van der Waals surface area (Å²) in [5, 5.41) is 6.48. The lowest BCUT2D eigenvalue weighted by Crippen LogP contribution is -2.38. The fourth-order valence-electron chi connectivity index (χ4n) is 2.24. The number of hydrogen-bond donors (Lipinski definition) is 3. The molecule has 2 rings (SSSR count). The summed E-state index contributed by atoms with van der Waals surface area (Å²) in [5.41, 5.74) is 6.75. The van der Waals surface area contributed by atoms with E-state index in [0.717, 1.165) is 36.8 Å². The van der Waals surface area contributed by atoms with Crippen LogP contribution in [0.15, 0.2) is 52.1 Å². The second-order valence-corrected chi connectivity index (χ2v) is 5.67. The van der Waals surface area contributed by atoms with Crippen LogP contribution in [0.4, 0.5) is 0 Å². The van der Waals surface area contributed by atoms with Gasteiger partial charge < -0.3 is 25.5 Å². The first-order chi connectivity index (χ1) is 12.7. The third-order valence-corrected chi connectivity index (χ3v) is 3.58. The van der Waals surface area contributed by atoms with Gasteiger partial charge in [-0.05, 0) is 43.2 Å². The van der Waals surface area contributed by atoms with Gasteiger partial charge in [0.05, 0.1) is 12.8 Å². The van der Waals surface area contributed by atoms with Gasteiger partial charge >= 0.3 is 0 Å². The molecule has 1 aromatic heterocycles. The first-order valence-electron chi connectivity index (χ1n) is 8.70. The van der Waals surface area contributed by atoms with Crippen LogP contribution in [0.3, 0.4) is 0 Å². The monoisotopic (exact) mass is 358 g/mol. The number of ether oxygens (including phenoxy) is 1. The summed E-state index contributed by atoms with van der Waals surface area (Å²) >= 11 is 0. The Morgan fingerprint density at radius 1 is 1.23 bits per heavy atom. The average Bonchev–Trinajstić information content (AvgIpc) is 3.16. The number of amides is 1. The van der Waals surface area contributed by atoms with Gasteiger partial charge in [-0.25, -0.2) is 4.99 Å². The van der Waals surface area contributed by atoms with Crippen molar-refractivity contribution in [3.05, 3.63) is 59.5 Å². The molecule has 0 saturated heterocycles. The molecule has 1 amide bonds. The highest BCUT2D eigenvalue weighted by Gasteiger charge is 2.01. The zero-order chi connectivity index (χ0) is 18.6. The average molecular weight is 358 g/mol. The van der Waals surface area contributed by atoms with E-state index in [0.29, 0.717) is 25.3 Å². The van der Waals surface area contributed by atoms with Crippen LogP contribution >= 0.6 is 0 Å². The molecule has 0 unspecified atom stereocenters. The maximum atomic E-state index is 11.1. The molecule has 140 valence electrons. The molecule has 7 nitrogen and oxygen atoms in total. The van der Waals surface area contributed by atoms with Crippen LogP contribution in [-0.4, -0.2) is 31.6 Å². The van der Waals surface area contributed by atoms with Gasteiger partial charge in [0.15, 0.2) is 5.96 Å². The molecule has 0 spiro atoms. The van der Waals surface area contributed by atoms with Crippen molar-refractivity contribution < 1.29 is 13.9 Å². The van der Waals surface area contributed by atoms with Crippen LogP contribution in [0.2, 0.25) is 0 Å². The number of aliphatic imine (C=N–C) groups is 1. The summed E-state index contributed by atoms with van der Waals surface area (Å²) in [4.78, 5) is 15.6. The Hall–Kier alpha value is -2.80. The van der Waals surface area contributed by atoms with E-state index < -0.39 is 5.91 Å². The summed E-state index contributed by atoms with van der Waals surface area (Å²) in [6.45, 7) is 5.20. The maximum Gasteiger partial charge on any atom is 0.248 e. The standard InChI is InChI=1S/C19H26N4O3/c1-2-21-19(22-10-4-11-25-14-17-5-3-12-26-17)23-13-15-6-8-16(9-7-15)18(20)24/h3,5-9,12H,2,4,10-11,13-14H2,1H3,(H2,20,24)(H2,21,22,23). The number of carbonyl (C=O) groups excluding carboxylic acids is 1. The fourth-order valence-corrected chi connectivity index (χ4v) is 2.24. The zero-order valence-electron chi connectivity index (χ0n) is 15.0. The molecule has 0 atom stereocenters. The minimum Gasteiger partial charge on any atom is -0.467 e. The number of furan rings is 1. The van der Waals surface area contributed by atoms with Crippen molar-refractivity contribution in [2.75, 3.05) is 19.7 Å². The molecule has 0 radical (unpaired) electrons. The van der Waals surface area contributed by atoms with Gasteiger partial charge in [-0.15, -0.1) is 0 Å². The number of nitrogens with one attached hydrogen (secondary N) is 2. The van der Waals surface area contributed by atoms with Gasteiger partial charge in [-0.3, -0.25) is 4.79 Å². The molecular weight excluding hydrogens is 332 g/mol. The van der Waals surface area contributed by atoms with Gasteiger partial charge in [0.1, 0.15) is 12.4 Å². The van der Waals surface area contributed by atoms with Crippen molar-refractivity contribution in [2.24, 2.45) is 10.7 Å². The van der Waals surface area contributed by atoms with Crippen molar-refractivity contribution >= 4 is 11.9 Å². The quantitative estimate of drug-likeness (QED) is 0.343. The van der Waals surface area contributed by atoms with Crippen LogP contribution in [0.25, 0.3) is 0 Å². The first kappa shape index (κ1) is 19.5. The van der Waals surface area contributed by atoms with Crippen molar-refractivity contribution in [1.29, 1.82) is 0 Å². The highest BCUT2D eigenvalue weighted by Crippen LogP contribution is 2.05. The van der Waals surface area contributed by atoms with E-state index in [2.05, 4.69) is 15.6 Å². The minimum atomic E-state index is -0.427. The summed E-state index contributed by atoms with van der Waals surface area (Å²) in [6, 6.07) is 10.9. The van der Waals surface area contributed by atoms with Gasteiger partial charge in [-0.2, -0.15) is 0 Å². The molecule has 0 bridgehead atoms. The fraction of sp³-hybridized carbons (Fsp3) is 0.368. The molecule has 7 heteroatoms. The van der Waals surface area contributed by atoms with Gasteiger partial charge in [0.2, 0.25) is 5.91 Å². The summed E-state index contributed by atoms with van der Waals surface area (Å²) < 4.78 is 10.8. The number of carbonyl (C=O) groups is 1. The molecule has 0 aliphatic rings. The van der Waals surface area contributed by atoms with E-state index in [1.165, 1.54) is 0 Å². The number of benzene rings is 1. The van der Waals surface area contributed by atoms with Crippen LogP contribution in [-0.2, 0) is 17.9 Å². The third kappa shape index (κ3) is 6.98. The van der Waals surface area contributed by atoms with Gasteiger partial charge in [-0.1, -0.05) is 12.1 Å². The largest absolute Gasteiger partial charge is 0.467 e. The van der Waals surface area contributed by atoms with E-state index in [1.807, 2.05) is 31.2 Å². The second kappa shape index (κ2) is 10.9. The molecule has 2 aromatic rings. The smallest absolute Gasteiger partial charge is 0.248 e. The van der Waals surface area contributed by atoms with Crippen molar-refractivity contribution in [3.8, 4) is 0 Å². The number of rotatable bonds is 10. The van der Waals surface area contributed by atoms with Crippen LogP contribution in [0.5, 0.6) is 0 Å². The topological polar surface area (TPSA) is 102 Å². The Morgan fingerprint density at radius 2 is 2.04 bits per heavy atom. The molecule has 4 N–H and O–H groups in total. The normalized spacial score (nSPS) is 11.3. The Morgan fingerprint density at radius 3 is 2.69 bits per heavy atom. The zero-order valence-corrected chi connectivity index (χ0v) is 15.0. The van der Waals surface area contributed by atoms with E-state index in [9.17, 15) is 4.79 Å². The number of hydrogen-bond acceptors (Lipinski definition) is 4. The molecule has 0 aliphatic carbocycles. The van der Waals surface area contributed by atoms with Crippen LogP contribution in [0, 0.1) is 0 Å². The van der Waals surface area contributed by atoms with Gasteiger partial charge in [0, 0.05) is 25.3 Å². The van der Waals surface area contributed by atoms with E-state index >= 15 is 0 Å². The number of nitrogens with zero attached hydrogens (tertiary/aromatic N) is 1. The van der Waals surface area contributed by atoms with Gasteiger partial charge in [0.25, 0.3) is 0 Å². The molecule has 0 saturated carbocycles. The predicted octanol–water partition coefficient (Wildman–Crippen LogP) is 2.04. The van der Waals surface area contributed by atoms with Crippen LogP contribution < -0.4 is 16.4 Å². The molecule has 1 aromatic carbocycles. The SMILES string of the molecule is CCNC(=NCc1ccc(C(N)=O)cc1)NCCCOCc1ccco1. The minimum absolute atomic E-state index is 0.427. The number of guanidine groups is 1. The van der Waals surface area contributed by atoms with Crippen LogP contribution in [0.1, 0.15) is 35.0 Å².